The Balaban J connectivity index is 1.76. The number of anilines is 1. The smallest absolute Gasteiger partial charge is 0.225 e. The molecule has 3 heterocycles. The van der Waals surface area contributed by atoms with Crippen LogP contribution < -0.4 is 10.2 Å². The van der Waals surface area contributed by atoms with Gasteiger partial charge >= 0.3 is 0 Å². The maximum Gasteiger partial charge on any atom is 0.225 e. The highest BCUT2D eigenvalue weighted by atomic mass is 79.9. The maximum atomic E-state index is 4.34. The fourth-order valence-electron chi connectivity index (χ4n) is 2.49. The largest absolute Gasteiger partial charge is 0.340 e. The molecule has 3 rings (SSSR count). The lowest BCUT2D eigenvalue weighted by Crippen LogP contribution is -2.26. The van der Waals surface area contributed by atoms with Gasteiger partial charge in [-0.1, -0.05) is 0 Å². The van der Waals surface area contributed by atoms with Crippen molar-refractivity contribution in [1.29, 1.82) is 0 Å². The second kappa shape index (κ2) is 3.72. The average molecular weight is 269 g/mol. The number of nitrogens with one attached hydrogen (secondary N) is 1. The third-order valence-electron chi connectivity index (χ3n) is 3.28. The summed E-state index contributed by atoms with van der Waals surface area (Å²) in [6.45, 7) is 4.49. The molecular weight excluding hydrogens is 256 g/mol. The molecule has 2 saturated heterocycles. The van der Waals surface area contributed by atoms with Crippen molar-refractivity contribution in [2.75, 3.05) is 31.1 Å². The van der Waals surface area contributed by atoms with Crippen LogP contribution in [-0.4, -0.2) is 36.1 Å². The average Bonchev–Trinajstić information content (AvgIpc) is 2.78. The van der Waals surface area contributed by atoms with Crippen LogP contribution in [0.3, 0.4) is 0 Å². The first-order chi connectivity index (χ1) is 7.33. The lowest BCUT2D eigenvalue weighted by molar-refractivity contribution is 0.533. The molecule has 4 nitrogen and oxygen atoms in total. The van der Waals surface area contributed by atoms with Gasteiger partial charge in [0, 0.05) is 38.6 Å². The molecule has 1 N–H and O–H groups in total. The Bertz CT molecular complexity index is 341. The Kier molecular flexibility index (Phi) is 2.36. The zero-order valence-electron chi connectivity index (χ0n) is 8.36. The van der Waals surface area contributed by atoms with Crippen molar-refractivity contribution in [3.05, 3.63) is 16.9 Å². The minimum atomic E-state index is 0.789. The number of rotatable bonds is 1. The molecule has 0 bridgehead atoms. The summed E-state index contributed by atoms with van der Waals surface area (Å²) < 4.78 is 0.937. The molecular formula is C10H13BrN4. The first-order valence-electron chi connectivity index (χ1n) is 5.26. The van der Waals surface area contributed by atoms with E-state index in [4.69, 9.17) is 0 Å². The van der Waals surface area contributed by atoms with Crippen LogP contribution in [-0.2, 0) is 0 Å². The quantitative estimate of drug-likeness (QED) is 0.822. The minimum Gasteiger partial charge on any atom is -0.340 e. The topological polar surface area (TPSA) is 41.1 Å². The van der Waals surface area contributed by atoms with Crippen LogP contribution in [0.4, 0.5) is 5.95 Å². The second-order valence-corrected chi connectivity index (χ2v) is 5.20. The number of halogens is 1. The van der Waals surface area contributed by atoms with Crippen LogP contribution in [0.25, 0.3) is 0 Å². The summed E-state index contributed by atoms with van der Waals surface area (Å²) in [5, 5.41) is 3.43. The van der Waals surface area contributed by atoms with Crippen molar-refractivity contribution >= 4 is 21.9 Å². The molecule has 0 aliphatic carbocycles. The first kappa shape index (κ1) is 9.54. The highest BCUT2D eigenvalue weighted by Gasteiger charge is 2.36. The number of nitrogens with zero attached hydrogens (tertiary/aromatic N) is 3. The summed E-state index contributed by atoms with van der Waals surface area (Å²) in [5.41, 5.74) is 0. The maximum absolute atomic E-state index is 4.34. The minimum absolute atomic E-state index is 0.789. The molecule has 1 aromatic heterocycles. The number of hydrogen-bond donors (Lipinski definition) is 1. The van der Waals surface area contributed by atoms with Crippen LogP contribution in [0.15, 0.2) is 16.9 Å². The van der Waals surface area contributed by atoms with E-state index in [2.05, 4.69) is 36.1 Å². The lowest BCUT2D eigenvalue weighted by atomic mass is 10.0. The van der Waals surface area contributed by atoms with E-state index < -0.39 is 0 Å². The Morgan fingerprint density at radius 1 is 1.20 bits per heavy atom. The van der Waals surface area contributed by atoms with Gasteiger partial charge in [0.05, 0.1) is 4.47 Å². The monoisotopic (exact) mass is 268 g/mol. The van der Waals surface area contributed by atoms with E-state index in [-0.39, 0.29) is 0 Å². The molecule has 0 radical (unpaired) electrons. The highest BCUT2D eigenvalue weighted by molar-refractivity contribution is 9.10. The summed E-state index contributed by atoms with van der Waals surface area (Å²) in [6.07, 6.45) is 3.63. The van der Waals surface area contributed by atoms with E-state index in [1.165, 1.54) is 0 Å². The molecule has 5 heteroatoms. The predicted octanol–water partition coefficient (Wildman–Crippen LogP) is 0.895. The number of hydrogen-bond acceptors (Lipinski definition) is 4. The fourth-order valence-corrected chi connectivity index (χ4v) is 2.69. The van der Waals surface area contributed by atoms with Crippen LogP contribution >= 0.6 is 15.9 Å². The molecule has 15 heavy (non-hydrogen) atoms. The van der Waals surface area contributed by atoms with E-state index in [0.717, 1.165) is 48.4 Å². The summed E-state index contributed by atoms with van der Waals surface area (Å²) in [7, 11) is 0. The summed E-state index contributed by atoms with van der Waals surface area (Å²) in [4.78, 5) is 11.0. The summed E-state index contributed by atoms with van der Waals surface area (Å²) in [5.74, 6) is 2.45. The van der Waals surface area contributed by atoms with Gasteiger partial charge in [-0.15, -0.1) is 0 Å². The molecule has 2 atom stereocenters. The summed E-state index contributed by atoms with van der Waals surface area (Å²) >= 11 is 3.35. The highest BCUT2D eigenvalue weighted by Crippen LogP contribution is 2.28. The normalized spacial score (nSPS) is 29.5. The van der Waals surface area contributed by atoms with E-state index in [0.29, 0.717) is 0 Å². The Hall–Kier alpha value is -0.680. The van der Waals surface area contributed by atoms with E-state index in [1.54, 1.807) is 0 Å². The Labute approximate surface area is 97.2 Å². The van der Waals surface area contributed by atoms with Gasteiger partial charge in [-0.05, 0) is 27.8 Å². The van der Waals surface area contributed by atoms with Crippen LogP contribution in [0.2, 0.25) is 0 Å². The SMILES string of the molecule is Brc1cnc(N2C[C@H]3CNC[C@H]3C2)nc1. The molecule has 2 aliphatic heterocycles. The van der Waals surface area contributed by atoms with E-state index in [9.17, 15) is 0 Å². The molecule has 0 spiro atoms. The Morgan fingerprint density at radius 2 is 1.80 bits per heavy atom. The van der Waals surface area contributed by atoms with Gasteiger partial charge in [-0.2, -0.15) is 0 Å². The van der Waals surface area contributed by atoms with Crippen molar-refractivity contribution in [3.8, 4) is 0 Å². The second-order valence-electron chi connectivity index (χ2n) is 4.28. The van der Waals surface area contributed by atoms with Gasteiger partial charge in [0.2, 0.25) is 5.95 Å². The Morgan fingerprint density at radius 3 is 2.40 bits per heavy atom. The molecule has 0 amide bonds. The van der Waals surface area contributed by atoms with Gasteiger partial charge in [0.1, 0.15) is 0 Å². The van der Waals surface area contributed by atoms with Gasteiger partial charge < -0.3 is 10.2 Å². The zero-order valence-corrected chi connectivity index (χ0v) is 9.94. The molecule has 1 aromatic rings. The van der Waals surface area contributed by atoms with Gasteiger partial charge in [0.15, 0.2) is 0 Å². The molecule has 80 valence electrons. The number of fused-ring (bicyclic) bond motifs is 1. The van der Waals surface area contributed by atoms with Gasteiger partial charge in [-0.25, -0.2) is 9.97 Å². The van der Waals surface area contributed by atoms with Gasteiger partial charge in [0.25, 0.3) is 0 Å². The van der Waals surface area contributed by atoms with Crippen LogP contribution in [0, 0.1) is 11.8 Å². The van der Waals surface area contributed by atoms with Crippen LogP contribution in [0.5, 0.6) is 0 Å². The molecule has 0 unspecified atom stereocenters. The predicted molar refractivity (Wildman–Crippen MR) is 61.8 cm³/mol. The van der Waals surface area contributed by atoms with Crippen molar-refractivity contribution in [2.45, 2.75) is 0 Å². The third kappa shape index (κ3) is 1.74. The van der Waals surface area contributed by atoms with Crippen molar-refractivity contribution in [3.63, 3.8) is 0 Å². The molecule has 2 fully saturated rings. The molecule has 0 aromatic carbocycles. The number of aromatic nitrogens is 2. The van der Waals surface area contributed by atoms with Crippen molar-refractivity contribution in [2.24, 2.45) is 11.8 Å². The third-order valence-corrected chi connectivity index (χ3v) is 3.69. The molecule has 0 saturated carbocycles. The standard InChI is InChI=1S/C10H13BrN4/c11-9-3-13-10(14-4-9)15-5-7-1-12-2-8(7)6-15/h3-4,7-8,12H,1-2,5-6H2/t7-,8+. The fraction of sp³-hybridized carbons (Fsp3) is 0.600. The zero-order chi connectivity index (χ0) is 10.3. The van der Waals surface area contributed by atoms with E-state index in [1.807, 2.05) is 12.4 Å². The summed E-state index contributed by atoms with van der Waals surface area (Å²) in [6, 6.07) is 0. The van der Waals surface area contributed by atoms with E-state index >= 15 is 0 Å². The van der Waals surface area contributed by atoms with Crippen LogP contribution in [0.1, 0.15) is 0 Å². The molecule has 2 aliphatic rings. The lowest BCUT2D eigenvalue weighted by Gasteiger charge is -2.16. The van der Waals surface area contributed by atoms with Gasteiger partial charge in [-0.3, -0.25) is 0 Å². The van der Waals surface area contributed by atoms with Crippen molar-refractivity contribution < 1.29 is 0 Å². The first-order valence-corrected chi connectivity index (χ1v) is 6.05. The van der Waals surface area contributed by atoms with Crippen molar-refractivity contribution in [1.82, 2.24) is 15.3 Å².